The van der Waals surface area contributed by atoms with Crippen LogP contribution < -0.4 is 19.9 Å². The molecule has 208 valence electrons. The summed E-state index contributed by atoms with van der Waals surface area (Å²) in [4.78, 5) is 26.4. The summed E-state index contributed by atoms with van der Waals surface area (Å²) in [6.45, 7) is 1.85. The first kappa shape index (κ1) is 25.3. The van der Waals surface area contributed by atoms with Crippen LogP contribution in [0.1, 0.15) is 38.8 Å². The van der Waals surface area contributed by atoms with E-state index in [9.17, 15) is 4.79 Å². The van der Waals surface area contributed by atoms with E-state index in [2.05, 4.69) is 15.0 Å². The van der Waals surface area contributed by atoms with Crippen molar-refractivity contribution in [2.24, 2.45) is 0 Å². The van der Waals surface area contributed by atoms with Crippen molar-refractivity contribution in [1.29, 1.82) is 0 Å². The molecule has 1 aliphatic rings. The van der Waals surface area contributed by atoms with Crippen LogP contribution in [-0.2, 0) is 0 Å². The van der Waals surface area contributed by atoms with Crippen LogP contribution in [0, 0.1) is 6.92 Å². The van der Waals surface area contributed by atoms with E-state index in [-0.39, 0.29) is 17.7 Å². The smallest absolute Gasteiger partial charge is 0.298 e. The summed E-state index contributed by atoms with van der Waals surface area (Å²) < 4.78 is 18.5. The number of nitrogens with one attached hydrogen (secondary N) is 1. The zero-order valence-electron chi connectivity index (χ0n) is 23.1. The van der Waals surface area contributed by atoms with Gasteiger partial charge >= 0.3 is 0 Å². The SMILES string of the molecule is COc1ccc(C2c3c(N)ncnc3Oc3c2c(C)nn3C(=O)c2[nH]c3ccc(OC)cc3c2-c2ccccc2)cc1. The van der Waals surface area contributed by atoms with Crippen LogP contribution in [0.2, 0.25) is 0 Å². The maximum absolute atomic E-state index is 14.4. The standard InChI is InChI=1S/C32H26N6O4/c1-17-24-26(19-9-11-20(40-2)12-10-19)27-29(33)34-16-35-30(27)42-32(24)38(37-17)31(39)28-25(18-7-5-4-6-8-18)22-15-21(41-3)13-14-23(22)36-28/h4-16,26,36H,1-3H3,(H2,33,34,35). The van der Waals surface area contributed by atoms with E-state index in [1.54, 1.807) is 14.2 Å². The van der Waals surface area contributed by atoms with Gasteiger partial charge < -0.3 is 24.9 Å². The van der Waals surface area contributed by atoms with Crippen LogP contribution in [0.4, 0.5) is 5.82 Å². The number of hydrogen-bond donors (Lipinski definition) is 2. The molecule has 1 unspecified atom stereocenters. The summed E-state index contributed by atoms with van der Waals surface area (Å²) in [7, 11) is 3.23. The van der Waals surface area contributed by atoms with Crippen molar-refractivity contribution < 1.29 is 19.0 Å². The number of methoxy groups -OCH3 is 2. The quantitative estimate of drug-likeness (QED) is 0.275. The molecular formula is C32H26N6O4. The highest BCUT2D eigenvalue weighted by Gasteiger charge is 2.39. The van der Waals surface area contributed by atoms with Gasteiger partial charge in [-0.2, -0.15) is 9.78 Å². The average Bonchev–Trinajstić information content (AvgIpc) is 3.57. The number of aromatic amines is 1. The number of H-pyrrole nitrogens is 1. The van der Waals surface area contributed by atoms with Crippen molar-refractivity contribution in [1.82, 2.24) is 24.7 Å². The van der Waals surface area contributed by atoms with E-state index in [0.29, 0.717) is 34.1 Å². The number of carbonyl (C=O) groups excluding carboxylic acids is 1. The molecule has 1 aliphatic heterocycles. The minimum absolute atomic E-state index is 0.273. The molecule has 0 bridgehead atoms. The normalized spacial score (nSPS) is 13.7. The molecule has 42 heavy (non-hydrogen) atoms. The van der Waals surface area contributed by atoms with Gasteiger partial charge in [0.05, 0.1) is 37.0 Å². The first-order chi connectivity index (χ1) is 20.5. The molecule has 1 atom stereocenters. The van der Waals surface area contributed by atoms with Gasteiger partial charge in [0.2, 0.25) is 11.8 Å². The lowest BCUT2D eigenvalue weighted by Crippen LogP contribution is -2.20. The molecule has 0 fully saturated rings. The molecule has 0 saturated carbocycles. The Kier molecular flexibility index (Phi) is 5.89. The van der Waals surface area contributed by atoms with Crippen LogP contribution >= 0.6 is 0 Å². The highest BCUT2D eigenvalue weighted by molar-refractivity contribution is 6.11. The monoisotopic (exact) mass is 558 g/mol. The first-order valence-corrected chi connectivity index (χ1v) is 13.3. The Bertz CT molecular complexity index is 1980. The van der Waals surface area contributed by atoms with Crippen molar-refractivity contribution in [3.05, 3.63) is 107 Å². The number of nitrogens with zero attached hydrogens (tertiary/aromatic N) is 4. The Morgan fingerprint density at radius 1 is 0.952 bits per heavy atom. The second-order valence-electron chi connectivity index (χ2n) is 9.96. The second-order valence-corrected chi connectivity index (χ2v) is 9.96. The number of rotatable bonds is 5. The third-order valence-electron chi connectivity index (χ3n) is 7.64. The molecule has 3 aromatic carbocycles. The molecule has 10 nitrogen and oxygen atoms in total. The molecule has 6 aromatic rings. The molecule has 0 spiro atoms. The number of ether oxygens (including phenoxy) is 3. The zero-order valence-corrected chi connectivity index (χ0v) is 23.1. The van der Waals surface area contributed by atoms with Gasteiger partial charge in [0.15, 0.2) is 0 Å². The Hall–Kier alpha value is -5.64. The Balaban J connectivity index is 1.43. The number of nitrogens with two attached hydrogens (primary N) is 1. The molecule has 4 heterocycles. The second kappa shape index (κ2) is 9.77. The summed E-state index contributed by atoms with van der Waals surface area (Å²) >= 11 is 0. The fourth-order valence-corrected chi connectivity index (χ4v) is 5.67. The van der Waals surface area contributed by atoms with Crippen molar-refractivity contribution in [3.8, 4) is 34.4 Å². The van der Waals surface area contributed by atoms with E-state index < -0.39 is 5.92 Å². The maximum atomic E-state index is 14.4. The van der Waals surface area contributed by atoms with E-state index in [1.165, 1.54) is 11.0 Å². The van der Waals surface area contributed by atoms with E-state index >= 15 is 0 Å². The maximum Gasteiger partial charge on any atom is 0.298 e. The molecule has 3 N–H and O–H groups in total. The molecular weight excluding hydrogens is 532 g/mol. The van der Waals surface area contributed by atoms with Gasteiger partial charge in [-0.3, -0.25) is 4.79 Å². The third-order valence-corrected chi connectivity index (χ3v) is 7.64. The number of benzene rings is 3. The van der Waals surface area contributed by atoms with Crippen LogP contribution in [0.25, 0.3) is 22.0 Å². The minimum Gasteiger partial charge on any atom is -0.497 e. The van der Waals surface area contributed by atoms with Gasteiger partial charge in [0.25, 0.3) is 5.91 Å². The fraction of sp³-hybridized carbons (Fsp3) is 0.125. The summed E-state index contributed by atoms with van der Waals surface area (Å²) in [6.07, 6.45) is 1.35. The first-order valence-electron chi connectivity index (χ1n) is 13.3. The molecule has 7 rings (SSSR count). The molecule has 0 radical (unpaired) electrons. The average molecular weight is 559 g/mol. The molecule has 10 heteroatoms. The number of hydrogen-bond acceptors (Lipinski definition) is 8. The predicted octanol–water partition coefficient (Wildman–Crippen LogP) is 5.70. The van der Waals surface area contributed by atoms with E-state index in [4.69, 9.17) is 25.0 Å². The summed E-state index contributed by atoms with van der Waals surface area (Å²) in [5.41, 5.74) is 12.0. The minimum atomic E-state index is -0.419. The Labute approximate surface area is 240 Å². The largest absolute Gasteiger partial charge is 0.497 e. The lowest BCUT2D eigenvalue weighted by atomic mass is 9.84. The van der Waals surface area contributed by atoms with Crippen molar-refractivity contribution >= 4 is 22.6 Å². The third kappa shape index (κ3) is 3.87. The fourth-order valence-electron chi connectivity index (χ4n) is 5.67. The van der Waals surface area contributed by atoms with Gasteiger partial charge in [-0.15, -0.1) is 0 Å². The Morgan fingerprint density at radius 3 is 2.43 bits per heavy atom. The summed E-state index contributed by atoms with van der Waals surface area (Å²) in [6, 6.07) is 23.1. The van der Waals surface area contributed by atoms with Gasteiger partial charge in [0.1, 0.15) is 29.3 Å². The number of anilines is 1. The zero-order chi connectivity index (χ0) is 29.0. The molecule has 0 aliphatic carbocycles. The van der Waals surface area contributed by atoms with Crippen LogP contribution in [-0.4, -0.2) is 44.9 Å². The summed E-state index contributed by atoms with van der Waals surface area (Å²) in [5, 5.41) is 5.56. The predicted molar refractivity (Wildman–Crippen MR) is 157 cm³/mol. The van der Waals surface area contributed by atoms with Gasteiger partial charge in [-0.25, -0.2) is 9.97 Å². The highest BCUT2D eigenvalue weighted by atomic mass is 16.5. The lowest BCUT2D eigenvalue weighted by Gasteiger charge is -2.26. The van der Waals surface area contributed by atoms with Crippen LogP contribution in [0.15, 0.2) is 79.1 Å². The number of aromatic nitrogens is 5. The van der Waals surface area contributed by atoms with E-state index in [1.807, 2.05) is 79.7 Å². The van der Waals surface area contributed by atoms with Gasteiger partial charge in [-0.05, 0) is 48.4 Å². The Morgan fingerprint density at radius 2 is 1.69 bits per heavy atom. The highest BCUT2D eigenvalue weighted by Crippen LogP contribution is 2.50. The van der Waals surface area contributed by atoms with E-state index in [0.717, 1.165) is 33.3 Å². The lowest BCUT2D eigenvalue weighted by molar-refractivity contribution is 0.0931. The van der Waals surface area contributed by atoms with Crippen molar-refractivity contribution in [3.63, 3.8) is 0 Å². The number of aryl methyl sites for hydroxylation is 1. The number of fused-ring (bicyclic) bond motifs is 3. The van der Waals surface area contributed by atoms with Gasteiger partial charge in [-0.1, -0.05) is 42.5 Å². The molecule has 0 amide bonds. The van der Waals surface area contributed by atoms with Crippen LogP contribution in [0.3, 0.4) is 0 Å². The van der Waals surface area contributed by atoms with Crippen molar-refractivity contribution in [2.45, 2.75) is 12.8 Å². The van der Waals surface area contributed by atoms with Crippen molar-refractivity contribution in [2.75, 3.05) is 20.0 Å². The summed E-state index contributed by atoms with van der Waals surface area (Å²) in [5.74, 6) is 1.44. The van der Waals surface area contributed by atoms with Crippen LogP contribution in [0.5, 0.6) is 23.3 Å². The number of nitrogen functional groups attached to an aromatic ring is 1. The van der Waals surface area contributed by atoms with Gasteiger partial charge in [0, 0.05) is 16.5 Å². The molecule has 3 aromatic heterocycles. The molecule has 0 saturated heterocycles. The topological polar surface area (TPSA) is 130 Å². The number of carbonyl (C=O) groups is 1.